The smallest absolute Gasteiger partial charge is 0.288 e. The summed E-state index contributed by atoms with van der Waals surface area (Å²) in [6, 6.07) is 8.70. The van der Waals surface area contributed by atoms with Gasteiger partial charge in [0.1, 0.15) is 6.07 Å². The predicted molar refractivity (Wildman–Crippen MR) is 63.1 cm³/mol. The maximum atomic E-state index is 11.0. The molecular formula is C9H8BrN5O. The van der Waals surface area contributed by atoms with Crippen LogP contribution in [0.1, 0.15) is 0 Å². The van der Waals surface area contributed by atoms with Crippen molar-refractivity contribution in [2.24, 2.45) is 10.9 Å². The number of anilines is 1. The number of halogens is 1. The van der Waals surface area contributed by atoms with Gasteiger partial charge in [-0.1, -0.05) is 15.9 Å². The molecule has 0 atom stereocenters. The Balaban J connectivity index is 2.75. The molecule has 0 aliphatic heterocycles. The third-order valence-electron chi connectivity index (χ3n) is 1.59. The van der Waals surface area contributed by atoms with Crippen molar-refractivity contribution < 1.29 is 4.79 Å². The van der Waals surface area contributed by atoms with Crippen molar-refractivity contribution in [3.05, 3.63) is 28.7 Å². The second kappa shape index (κ2) is 5.85. The summed E-state index contributed by atoms with van der Waals surface area (Å²) >= 11 is 3.28. The molecule has 0 fully saturated rings. The molecule has 16 heavy (non-hydrogen) atoms. The Morgan fingerprint density at radius 2 is 2.06 bits per heavy atom. The molecule has 0 bridgehead atoms. The first kappa shape index (κ1) is 12.2. The van der Waals surface area contributed by atoms with E-state index in [9.17, 15) is 4.79 Å². The van der Waals surface area contributed by atoms with Crippen LogP contribution in [-0.4, -0.2) is 11.6 Å². The van der Waals surface area contributed by atoms with E-state index in [1.165, 1.54) is 0 Å². The highest BCUT2D eigenvalue weighted by Crippen LogP contribution is 2.13. The maximum Gasteiger partial charge on any atom is 0.296 e. The number of amides is 1. The number of hydrazine groups is 1. The molecule has 0 saturated heterocycles. The zero-order valence-corrected chi connectivity index (χ0v) is 9.65. The van der Waals surface area contributed by atoms with Crippen LogP contribution in [0.2, 0.25) is 0 Å². The molecule has 0 aliphatic rings. The topological polar surface area (TPSA) is 103 Å². The van der Waals surface area contributed by atoms with Crippen LogP contribution in [0.4, 0.5) is 5.69 Å². The SMILES string of the molecule is N#C/C(=N\Nc1ccc(Br)cc1)C(=O)NN. The van der Waals surface area contributed by atoms with Gasteiger partial charge in [0, 0.05) is 4.47 Å². The van der Waals surface area contributed by atoms with E-state index in [2.05, 4.69) is 26.5 Å². The van der Waals surface area contributed by atoms with Crippen molar-refractivity contribution in [2.75, 3.05) is 5.43 Å². The standard InChI is InChI=1S/C9H8BrN5O/c10-6-1-3-7(4-2-6)14-15-8(5-11)9(16)13-12/h1-4,14H,12H2,(H,13,16)/b15-8+. The van der Waals surface area contributed by atoms with Gasteiger partial charge in [-0.05, 0) is 24.3 Å². The Morgan fingerprint density at radius 3 is 2.56 bits per heavy atom. The van der Waals surface area contributed by atoms with E-state index in [1.807, 2.05) is 5.43 Å². The molecule has 0 aliphatic carbocycles. The molecule has 82 valence electrons. The number of hydrogen-bond acceptors (Lipinski definition) is 5. The lowest BCUT2D eigenvalue weighted by atomic mass is 10.3. The first-order valence-corrected chi connectivity index (χ1v) is 4.97. The summed E-state index contributed by atoms with van der Waals surface area (Å²) < 4.78 is 0.919. The van der Waals surface area contributed by atoms with Crippen LogP contribution in [-0.2, 0) is 4.79 Å². The van der Waals surface area contributed by atoms with Crippen LogP contribution >= 0.6 is 15.9 Å². The fourth-order valence-electron chi connectivity index (χ4n) is 0.840. The van der Waals surface area contributed by atoms with Crippen LogP contribution in [0.5, 0.6) is 0 Å². The highest BCUT2D eigenvalue weighted by Gasteiger charge is 2.07. The molecule has 1 aromatic rings. The molecule has 1 aromatic carbocycles. The second-order valence-corrected chi connectivity index (χ2v) is 3.58. The van der Waals surface area contributed by atoms with Crippen molar-refractivity contribution in [1.82, 2.24) is 5.43 Å². The van der Waals surface area contributed by atoms with E-state index in [-0.39, 0.29) is 5.71 Å². The van der Waals surface area contributed by atoms with E-state index in [0.717, 1.165) is 4.47 Å². The highest BCUT2D eigenvalue weighted by atomic mass is 79.9. The van der Waals surface area contributed by atoms with E-state index in [0.29, 0.717) is 5.69 Å². The van der Waals surface area contributed by atoms with Crippen LogP contribution in [0, 0.1) is 11.3 Å². The van der Waals surface area contributed by atoms with Gasteiger partial charge in [-0.3, -0.25) is 15.6 Å². The molecule has 1 amide bonds. The van der Waals surface area contributed by atoms with E-state index in [1.54, 1.807) is 30.3 Å². The molecule has 6 nitrogen and oxygen atoms in total. The van der Waals surface area contributed by atoms with Crippen LogP contribution in [0.15, 0.2) is 33.8 Å². The second-order valence-electron chi connectivity index (χ2n) is 2.66. The van der Waals surface area contributed by atoms with Crippen molar-refractivity contribution in [3.8, 4) is 6.07 Å². The molecule has 7 heteroatoms. The highest BCUT2D eigenvalue weighted by molar-refractivity contribution is 9.10. The van der Waals surface area contributed by atoms with Gasteiger partial charge in [-0.2, -0.15) is 10.4 Å². The molecule has 0 heterocycles. The number of nitrogens with zero attached hydrogens (tertiary/aromatic N) is 2. The summed E-state index contributed by atoms with van der Waals surface area (Å²) in [6.45, 7) is 0. The van der Waals surface area contributed by atoms with Gasteiger partial charge in [0.15, 0.2) is 0 Å². The first-order chi connectivity index (χ1) is 7.67. The summed E-state index contributed by atoms with van der Waals surface area (Å²) in [6.07, 6.45) is 0. The lowest BCUT2D eigenvalue weighted by Gasteiger charge is -2.00. The van der Waals surface area contributed by atoms with E-state index in [4.69, 9.17) is 11.1 Å². The number of nitrogens with one attached hydrogen (secondary N) is 2. The Morgan fingerprint density at radius 1 is 1.44 bits per heavy atom. The molecule has 0 spiro atoms. The summed E-state index contributed by atoms with van der Waals surface area (Å²) in [5.74, 6) is 4.13. The molecular weight excluding hydrogens is 274 g/mol. The monoisotopic (exact) mass is 281 g/mol. The Labute approximate surface area is 100 Å². The molecule has 0 aromatic heterocycles. The molecule has 0 radical (unpaired) electrons. The van der Waals surface area contributed by atoms with Crippen molar-refractivity contribution in [1.29, 1.82) is 5.26 Å². The lowest BCUT2D eigenvalue weighted by Crippen LogP contribution is -2.36. The summed E-state index contributed by atoms with van der Waals surface area (Å²) in [5.41, 5.74) is 4.70. The van der Waals surface area contributed by atoms with Crippen molar-refractivity contribution in [3.63, 3.8) is 0 Å². The van der Waals surface area contributed by atoms with Gasteiger partial charge in [0.25, 0.3) is 5.91 Å². The minimum absolute atomic E-state index is 0.342. The van der Waals surface area contributed by atoms with Crippen molar-refractivity contribution in [2.45, 2.75) is 0 Å². The Hall–Kier alpha value is -1.91. The number of benzene rings is 1. The predicted octanol–water partition coefficient (Wildman–Crippen LogP) is 0.730. The van der Waals surface area contributed by atoms with Crippen LogP contribution in [0.3, 0.4) is 0 Å². The minimum Gasteiger partial charge on any atom is -0.288 e. The number of nitrogens with two attached hydrogens (primary N) is 1. The Kier molecular flexibility index (Phi) is 4.44. The summed E-state index contributed by atoms with van der Waals surface area (Å²) in [7, 11) is 0. The number of hydrogen-bond donors (Lipinski definition) is 3. The first-order valence-electron chi connectivity index (χ1n) is 4.17. The fraction of sp³-hybridized carbons (Fsp3) is 0. The number of hydrazone groups is 1. The van der Waals surface area contributed by atoms with Crippen LogP contribution < -0.4 is 16.7 Å². The van der Waals surface area contributed by atoms with Crippen LogP contribution in [0.25, 0.3) is 0 Å². The van der Waals surface area contributed by atoms with Gasteiger partial charge < -0.3 is 0 Å². The molecule has 0 unspecified atom stereocenters. The quantitative estimate of drug-likeness (QED) is 0.329. The van der Waals surface area contributed by atoms with E-state index < -0.39 is 5.91 Å². The number of carbonyl (C=O) groups is 1. The number of nitriles is 1. The van der Waals surface area contributed by atoms with Gasteiger partial charge in [-0.15, -0.1) is 0 Å². The van der Waals surface area contributed by atoms with Gasteiger partial charge >= 0.3 is 0 Å². The fourth-order valence-corrected chi connectivity index (χ4v) is 1.10. The zero-order chi connectivity index (χ0) is 12.0. The Bertz CT molecular complexity index is 448. The van der Waals surface area contributed by atoms with Gasteiger partial charge in [-0.25, -0.2) is 5.84 Å². The molecule has 0 saturated carbocycles. The largest absolute Gasteiger partial charge is 0.296 e. The van der Waals surface area contributed by atoms with Gasteiger partial charge in [0.05, 0.1) is 5.69 Å². The van der Waals surface area contributed by atoms with E-state index >= 15 is 0 Å². The maximum absolute atomic E-state index is 11.0. The third-order valence-corrected chi connectivity index (χ3v) is 2.12. The van der Waals surface area contributed by atoms with Gasteiger partial charge in [0.2, 0.25) is 5.71 Å². The third kappa shape index (κ3) is 3.34. The minimum atomic E-state index is -0.743. The normalized spacial score (nSPS) is 10.4. The molecule has 4 N–H and O–H groups in total. The average molecular weight is 282 g/mol. The zero-order valence-electron chi connectivity index (χ0n) is 8.07. The summed E-state index contributed by atoms with van der Waals surface area (Å²) in [4.78, 5) is 11.0. The summed E-state index contributed by atoms with van der Waals surface area (Å²) in [5, 5.41) is 12.2. The average Bonchev–Trinajstić information content (AvgIpc) is 2.31. The van der Waals surface area contributed by atoms with Crippen molar-refractivity contribution >= 4 is 33.2 Å². The molecule has 1 rings (SSSR count). The number of rotatable bonds is 3. The number of carbonyl (C=O) groups excluding carboxylic acids is 1. The lowest BCUT2D eigenvalue weighted by molar-refractivity contribution is -0.114.